The zero-order chi connectivity index (χ0) is 32.3. The maximum absolute atomic E-state index is 12.0. The summed E-state index contributed by atoms with van der Waals surface area (Å²) in [4.78, 5) is 34.0. The molecule has 8 nitrogen and oxygen atoms in total. The van der Waals surface area contributed by atoms with Crippen LogP contribution in [0.5, 0.6) is 17.2 Å². The SMILES string of the molecule is C.C.COCc1ccc(OC)cc1.COc1ccc(C(=O)COCc2ccc(C(C)=O)cc2)cc1.COc1cccc(C(C)=O)c1. The molecule has 0 aliphatic heterocycles. The Balaban J connectivity index is 0.000000714. The summed E-state index contributed by atoms with van der Waals surface area (Å²) in [5, 5.41) is 0. The largest absolute Gasteiger partial charge is 0.497 e. The minimum Gasteiger partial charge on any atom is -0.497 e. The average molecular weight is 633 g/mol. The monoisotopic (exact) mass is 632 g/mol. The average Bonchev–Trinajstić information content (AvgIpc) is 3.06. The first kappa shape index (κ1) is 41.2. The number of carbonyl (C=O) groups is 3. The van der Waals surface area contributed by atoms with Gasteiger partial charge in [-0.3, -0.25) is 14.4 Å². The van der Waals surface area contributed by atoms with Crippen LogP contribution in [0.15, 0.2) is 97.1 Å². The van der Waals surface area contributed by atoms with Crippen LogP contribution >= 0.6 is 0 Å². The highest BCUT2D eigenvalue weighted by molar-refractivity contribution is 5.97. The molecule has 0 bridgehead atoms. The Hall–Kier alpha value is -4.79. The van der Waals surface area contributed by atoms with Crippen molar-refractivity contribution in [2.75, 3.05) is 35.0 Å². The van der Waals surface area contributed by atoms with E-state index < -0.39 is 0 Å². The van der Waals surface area contributed by atoms with Gasteiger partial charge in [0.1, 0.15) is 23.9 Å². The Kier molecular flexibility index (Phi) is 20.3. The molecule has 0 heterocycles. The molecule has 4 aromatic rings. The smallest absolute Gasteiger partial charge is 0.188 e. The molecule has 0 N–H and O–H groups in total. The summed E-state index contributed by atoms with van der Waals surface area (Å²) in [5.41, 5.74) is 4.02. The van der Waals surface area contributed by atoms with Crippen molar-refractivity contribution in [1.29, 1.82) is 0 Å². The van der Waals surface area contributed by atoms with Gasteiger partial charge in [-0.2, -0.15) is 0 Å². The quantitative estimate of drug-likeness (QED) is 0.144. The highest BCUT2D eigenvalue weighted by Gasteiger charge is 2.07. The van der Waals surface area contributed by atoms with E-state index in [4.69, 9.17) is 23.7 Å². The summed E-state index contributed by atoms with van der Waals surface area (Å²) >= 11 is 0. The predicted octanol–water partition coefficient (Wildman–Crippen LogP) is 8.31. The second-order valence-electron chi connectivity index (χ2n) is 9.47. The zero-order valence-electron chi connectivity index (χ0n) is 26.1. The lowest BCUT2D eigenvalue weighted by atomic mass is 10.1. The van der Waals surface area contributed by atoms with Gasteiger partial charge in [-0.1, -0.05) is 63.4 Å². The lowest BCUT2D eigenvalue weighted by Crippen LogP contribution is -2.09. The molecule has 4 aromatic carbocycles. The van der Waals surface area contributed by atoms with Gasteiger partial charge in [0.25, 0.3) is 0 Å². The fourth-order valence-corrected chi connectivity index (χ4v) is 3.69. The Bertz CT molecular complexity index is 1440. The fourth-order valence-electron chi connectivity index (χ4n) is 3.69. The van der Waals surface area contributed by atoms with E-state index in [1.807, 2.05) is 42.5 Å². The summed E-state index contributed by atoms with van der Waals surface area (Å²) in [6, 6.07) is 29.0. The summed E-state index contributed by atoms with van der Waals surface area (Å²) in [6.45, 7) is 4.07. The Morgan fingerprint density at radius 3 is 1.46 bits per heavy atom. The number of carbonyl (C=O) groups excluding carboxylic acids is 3. The topological polar surface area (TPSA) is 97.4 Å². The Morgan fingerprint density at radius 2 is 0.978 bits per heavy atom. The standard InChI is InChI=1S/C18H18O4.C9H12O2.C9H10O2.2CH4/c1-13(19)15-5-3-14(4-6-15)11-22-12-18(20)16-7-9-17(21-2)10-8-16;1-10-7-8-3-5-9(11-2)6-4-8;1-7(10)8-4-3-5-9(6-8)11-2;;/h3-10H,11-12H2,1-2H3;3-6H,7H2,1-2H3;3-6H,1-2H3;2*1H4. The number of hydrogen-bond donors (Lipinski definition) is 0. The van der Waals surface area contributed by atoms with Crippen molar-refractivity contribution in [1.82, 2.24) is 0 Å². The first-order valence-electron chi connectivity index (χ1n) is 13.8. The molecule has 0 aromatic heterocycles. The summed E-state index contributed by atoms with van der Waals surface area (Å²) in [5.74, 6) is 2.32. The third-order valence-electron chi connectivity index (χ3n) is 6.22. The van der Waals surface area contributed by atoms with E-state index in [1.54, 1.807) is 83.0 Å². The van der Waals surface area contributed by atoms with Crippen LogP contribution in [0.25, 0.3) is 0 Å². The van der Waals surface area contributed by atoms with Gasteiger partial charge in [0, 0.05) is 23.8 Å². The zero-order valence-corrected chi connectivity index (χ0v) is 26.1. The van der Waals surface area contributed by atoms with Gasteiger partial charge in [-0.15, -0.1) is 0 Å². The number of ketones is 3. The molecular formula is C38H48O8. The second-order valence-corrected chi connectivity index (χ2v) is 9.47. The van der Waals surface area contributed by atoms with Crippen LogP contribution in [0.1, 0.15) is 70.9 Å². The highest BCUT2D eigenvalue weighted by Crippen LogP contribution is 2.14. The number of Topliss-reactive ketones (excluding diaryl/α,β-unsaturated/α-hetero) is 3. The molecule has 46 heavy (non-hydrogen) atoms. The van der Waals surface area contributed by atoms with Crippen molar-refractivity contribution in [3.63, 3.8) is 0 Å². The predicted molar refractivity (Wildman–Crippen MR) is 184 cm³/mol. The number of hydrogen-bond acceptors (Lipinski definition) is 8. The maximum Gasteiger partial charge on any atom is 0.188 e. The molecular weight excluding hydrogens is 584 g/mol. The molecule has 0 fully saturated rings. The summed E-state index contributed by atoms with van der Waals surface area (Å²) in [7, 11) is 6.51. The van der Waals surface area contributed by atoms with Crippen molar-refractivity contribution in [3.05, 3.63) is 125 Å². The minimum absolute atomic E-state index is 0. The number of ether oxygens (including phenoxy) is 5. The van der Waals surface area contributed by atoms with E-state index in [-0.39, 0.29) is 38.8 Å². The lowest BCUT2D eigenvalue weighted by Gasteiger charge is -2.05. The Labute approximate surface area is 274 Å². The first-order valence-corrected chi connectivity index (χ1v) is 13.8. The van der Waals surface area contributed by atoms with E-state index in [9.17, 15) is 14.4 Å². The Morgan fingerprint density at radius 1 is 0.522 bits per heavy atom. The van der Waals surface area contributed by atoms with Crippen LogP contribution in [0.4, 0.5) is 0 Å². The molecule has 0 amide bonds. The third kappa shape index (κ3) is 14.8. The van der Waals surface area contributed by atoms with Crippen LogP contribution in [-0.2, 0) is 22.7 Å². The maximum atomic E-state index is 12.0. The molecule has 0 saturated carbocycles. The second kappa shape index (κ2) is 22.7. The lowest BCUT2D eigenvalue weighted by molar-refractivity contribution is 0.0726. The van der Waals surface area contributed by atoms with Crippen molar-refractivity contribution in [2.45, 2.75) is 41.9 Å². The van der Waals surface area contributed by atoms with E-state index >= 15 is 0 Å². The van der Waals surface area contributed by atoms with Crippen LogP contribution < -0.4 is 14.2 Å². The minimum atomic E-state index is -0.0805. The van der Waals surface area contributed by atoms with Gasteiger partial charge < -0.3 is 23.7 Å². The van der Waals surface area contributed by atoms with Crippen molar-refractivity contribution in [3.8, 4) is 17.2 Å². The molecule has 0 aliphatic rings. The van der Waals surface area contributed by atoms with E-state index in [2.05, 4.69) is 0 Å². The van der Waals surface area contributed by atoms with Gasteiger partial charge in [-0.05, 0) is 73.5 Å². The van der Waals surface area contributed by atoms with E-state index in [1.165, 1.54) is 13.8 Å². The van der Waals surface area contributed by atoms with Crippen molar-refractivity contribution < 1.29 is 38.1 Å². The molecule has 8 heteroatoms. The highest BCUT2D eigenvalue weighted by atomic mass is 16.5. The normalized spacial score (nSPS) is 9.43. The van der Waals surface area contributed by atoms with Gasteiger partial charge in [-0.25, -0.2) is 0 Å². The molecule has 248 valence electrons. The molecule has 0 saturated heterocycles. The molecule has 4 rings (SSSR count). The van der Waals surface area contributed by atoms with E-state index in [0.29, 0.717) is 35.7 Å². The molecule has 0 spiro atoms. The van der Waals surface area contributed by atoms with Crippen molar-refractivity contribution in [2.24, 2.45) is 0 Å². The molecule has 0 atom stereocenters. The van der Waals surface area contributed by atoms with Crippen LogP contribution in [0, 0.1) is 0 Å². The number of rotatable bonds is 12. The van der Waals surface area contributed by atoms with Gasteiger partial charge in [0.05, 0.1) is 34.5 Å². The van der Waals surface area contributed by atoms with Gasteiger partial charge in [0.15, 0.2) is 17.3 Å². The fraction of sp³-hybridized carbons (Fsp3) is 0.289. The van der Waals surface area contributed by atoms with Crippen LogP contribution in [0.3, 0.4) is 0 Å². The third-order valence-corrected chi connectivity index (χ3v) is 6.22. The number of benzene rings is 4. The molecule has 0 unspecified atom stereocenters. The van der Waals surface area contributed by atoms with Gasteiger partial charge >= 0.3 is 0 Å². The van der Waals surface area contributed by atoms with E-state index in [0.717, 1.165) is 22.6 Å². The van der Waals surface area contributed by atoms with Crippen molar-refractivity contribution >= 4 is 17.3 Å². The van der Waals surface area contributed by atoms with Gasteiger partial charge in [0.2, 0.25) is 0 Å². The summed E-state index contributed by atoms with van der Waals surface area (Å²) < 4.78 is 25.4. The molecule has 0 radical (unpaired) electrons. The van der Waals surface area contributed by atoms with Crippen LogP contribution in [0.2, 0.25) is 0 Å². The summed E-state index contributed by atoms with van der Waals surface area (Å²) in [6.07, 6.45) is 0. The van der Waals surface area contributed by atoms with Crippen LogP contribution in [-0.4, -0.2) is 52.4 Å². The molecule has 0 aliphatic carbocycles. The number of methoxy groups -OCH3 is 4. The first-order chi connectivity index (χ1) is 21.2.